The smallest absolute Gasteiger partial charge is 0.194 e. The molecule has 0 unspecified atom stereocenters. The number of carbonyl (C=O) groups excluding carboxylic acids is 1. The van der Waals surface area contributed by atoms with Crippen molar-refractivity contribution in [3.8, 4) is 0 Å². The number of halogens is 2. The molecule has 0 fully saturated rings. The molecule has 2 aromatic rings. The molecular weight excluding hydrogens is 407 g/mol. The van der Waals surface area contributed by atoms with Gasteiger partial charge >= 0.3 is 0 Å². The summed E-state index contributed by atoms with van der Waals surface area (Å²) in [5.41, 5.74) is 5.11. The molecule has 0 radical (unpaired) electrons. The van der Waals surface area contributed by atoms with Gasteiger partial charge in [-0.1, -0.05) is 48.5 Å². The molecule has 0 bridgehead atoms. The first-order valence-corrected chi connectivity index (χ1v) is 10.6. The lowest BCUT2D eigenvalue weighted by Gasteiger charge is -2.24. The Balaban J connectivity index is 1.84. The van der Waals surface area contributed by atoms with E-state index in [2.05, 4.69) is 6.07 Å². The molecule has 0 aromatic heterocycles. The van der Waals surface area contributed by atoms with Crippen molar-refractivity contribution < 1.29 is 14.3 Å². The van der Waals surface area contributed by atoms with Crippen LogP contribution in [-0.2, 0) is 15.9 Å². The zero-order chi connectivity index (χ0) is 20.2. The van der Waals surface area contributed by atoms with Gasteiger partial charge in [-0.2, -0.15) is 0 Å². The number of rotatable bonds is 6. The highest BCUT2D eigenvalue weighted by Gasteiger charge is 2.28. The minimum absolute atomic E-state index is 0.0128. The maximum absolute atomic E-state index is 13.3. The van der Waals surface area contributed by atoms with Crippen LogP contribution < -0.4 is 0 Å². The molecule has 148 valence electrons. The molecule has 5 heteroatoms. The van der Waals surface area contributed by atoms with Crippen LogP contribution >= 0.6 is 23.2 Å². The zero-order valence-electron chi connectivity index (χ0n) is 15.8. The highest BCUT2D eigenvalue weighted by molar-refractivity contribution is 6.18. The molecule has 0 N–H and O–H groups in total. The minimum Gasteiger partial charge on any atom is -0.492 e. The Morgan fingerprint density at radius 3 is 2.03 bits per heavy atom. The fraction of sp³-hybridized carbons (Fsp3) is 0.208. The number of carbonyl (C=O) groups is 1. The van der Waals surface area contributed by atoms with Gasteiger partial charge in [-0.3, -0.25) is 4.79 Å². The predicted molar refractivity (Wildman–Crippen MR) is 117 cm³/mol. The third-order valence-corrected chi connectivity index (χ3v) is 5.25. The van der Waals surface area contributed by atoms with E-state index >= 15 is 0 Å². The van der Waals surface area contributed by atoms with E-state index in [1.54, 1.807) is 0 Å². The highest BCUT2D eigenvalue weighted by Crippen LogP contribution is 2.36. The molecule has 0 atom stereocenters. The van der Waals surface area contributed by atoms with Gasteiger partial charge in [-0.15, -0.1) is 23.2 Å². The minimum atomic E-state index is -0.0128. The number of fused-ring (bicyclic) bond motifs is 2. The molecule has 0 saturated heterocycles. The summed E-state index contributed by atoms with van der Waals surface area (Å²) in [4.78, 5) is 13.3. The van der Waals surface area contributed by atoms with E-state index in [4.69, 9.17) is 32.7 Å². The Hall–Kier alpha value is -2.49. The van der Waals surface area contributed by atoms with E-state index < -0.39 is 0 Å². The van der Waals surface area contributed by atoms with Crippen LogP contribution in [-0.4, -0.2) is 30.8 Å². The summed E-state index contributed by atoms with van der Waals surface area (Å²) < 4.78 is 11.8. The Bertz CT molecular complexity index is 1030. The molecule has 0 heterocycles. The van der Waals surface area contributed by atoms with E-state index in [9.17, 15) is 4.79 Å². The fourth-order valence-corrected chi connectivity index (χ4v) is 3.82. The number of allylic oxidation sites excluding steroid dienone is 4. The van der Waals surface area contributed by atoms with Crippen LogP contribution in [0.3, 0.4) is 0 Å². The quantitative estimate of drug-likeness (QED) is 0.443. The topological polar surface area (TPSA) is 35.5 Å². The van der Waals surface area contributed by atoms with Crippen molar-refractivity contribution in [1.29, 1.82) is 0 Å². The van der Waals surface area contributed by atoms with Gasteiger partial charge in [0.25, 0.3) is 0 Å². The first-order valence-electron chi connectivity index (χ1n) is 9.49. The number of Topliss-reactive ketones (excluding diaryl/α,β-unsaturated/α-hetero) is 1. The Kier molecular flexibility index (Phi) is 6.08. The summed E-state index contributed by atoms with van der Waals surface area (Å²) in [7, 11) is 0. The summed E-state index contributed by atoms with van der Waals surface area (Å²) >= 11 is 11.6. The van der Waals surface area contributed by atoms with E-state index in [0.717, 1.165) is 28.0 Å². The van der Waals surface area contributed by atoms with Crippen LogP contribution in [0.4, 0.5) is 0 Å². The number of ketones is 1. The van der Waals surface area contributed by atoms with Crippen molar-refractivity contribution in [2.75, 3.05) is 25.0 Å². The average Bonchev–Trinajstić information content (AvgIpc) is 2.77. The van der Waals surface area contributed by atoms with Gasteiger partial charge in [0, 0.05) is 22.3 Å². The summed E-state index contributed by atoms with van der Waals surface area (Å²) in [6.45, 7) is 0.780. The van der Waals surface area contributed by atoms with E-state index in [1.165, 1.54) is 0 Å². The molecule has 29 heavy (non-hydrogen) atoms. The molecule has 0 amide bonds. The molecule has 2 aliphatic carbocycles. The van der Waals surface area contributed by atoms with Crippen LogP contribution in [0, 0.1) is 0 Å². The second-order valence-electron chi connectivity index (χ2n) is 6.74. The van der Waals surface area contributed by atoms with Gasteiger partial charge in [0.15, 0.2) is 5.78 Å². The fourth-order valence-electron chi connectivity index (χ4n) is 3.67. The molecular formula is C24H20Cl2O3. The van der Waals surface area contributed by atoms with Crippen LogP contribution in [0.2, 0.25) is 0 Å². The van der Waals surface area contributed by atoms with Crippen LogP contribution in [0.5, 0.6) is 0 Å². The zero-order valence-corrected chi connectivity index (χ0v) is 17.3. The monoisotopic (exact) mass is 426 g/mol. The first kappa shape index (κ1) is 19.8. The van der Waals surface area contributed by atoms with Gasteiger partial charge in [-0.05, 0) is 29.7 Å². The first-order chi connectivity index (χ1) is 14.2. The summed E-state index contributed by atoms with van der Waals surface area (Å²) in [5.74, 6) is 2.16. The Labute approximate surface area is 180 Å². The number of alkyl halides is 2. The number of ether oxygens (including phenoxy) is 2. The second kappa shape index (κ2) is 8.89. The Morgan fingerprint density at radius 2 is 1.34 bits per heavy atom. The van der Waals surface area contributed by atoms with Crippen LogP contribution in [0.1, 0.15) is 27.0 Å². The third-order valence-electron chi connectivity index (χ3n) is 4.94. The maximum atomic E-state index is 13.3. The molecule has 2 aliphatic rings. The Morgan fingerprint density at radius 1 is 0.759 bits per heavy atom. The van der Waals surface area contributed by atoms with Gasteiger partial charge in [-0.25, -0.2) is 0 Å². The van der Waals surface area contributed by atoms with Crippen molar-refractivity contribution >= 4 is 40.5 Å². The van der Waals surface area contributed by atoms with Crippen LogP contribution in [0.25, 0.3) is 11.5 Å². The van der Waals surface area contributed by atoms with Gasteiger partial charge in [0.05, 0.1) is 11.8 Å². The number of hydrogen-bond acceptors (Lipinski definition) is 3. The normalized spacial score (nSPS) is 17.8. The van der Waals surface area contributed by atoms with E-state index in [1.807, 2.05) is 54.6 Å². The van der Waals surface area contributed by atoms with E-state index in [0.29, 0.717) is 48.3 Å². The van der Waals surface area contributed by atoms with Crippen molar-refractivity contribution in [2.45, 2.75) is 6.42 Å². The summed E-state index contributed by atoms with van der Waals surface area (Å²) in [6.07, 6.45) is 4.42. The van der Waals surface area contributed by atoms with Crippen LogP contribution in [0.15, 0.2) is 71.8 Å². The molecule has 2 aromatic carbocycles. The van der Waals surface area contributed by atoms with Crippen molar-refractivity contribution in [2.24, 2.45) is 0 Å². The highest BCUT2D eigenvalue weighted by atomic mass is 35.5. The predicted octanol–water partition coefficient (Wildman–Crippen LogP) is 5.63. The van der Waals surface area contributed by atoms with Crippen molar-refractivity contribution in [3.05, 3.63) is 94.1 Å². The molecule has 0 saturated carbocycles. The lowest BCUT2D eigenvalue weighted by molar-refractivity contribution is 0.103. The second-order valence-corrected chi connectivity index (χ2v) is 7.50. The number of benzene rings is 2. The molecule has 0 spiro atoms. The lowest BCUT2D eigenvalue weighted by Crippen LogP contribution is -2.16. The molecule has 3 nitrogen and oxygen atoms in total. The number of hydrogen-bond donors (Lipinski definition) is 0. The summed E-state index contributed by atoms with van der Waals surface area (Å²) in [6, 6.07) is 15.6. The van der Waals surface area contributed by atoms with Gasteiger partial charge < -0.3 is 9.47 Å². The van der Waals surface area contributed by atoms with Crippen molar-refractivity contribution in [3.63, 3.8) is 0 Å². The van der Waals surface area contributed by atoms with Gasteiger partial charge in [0.1, 0.15) is 24.7 Å². The molecule has 0 aliphatic heterocycles. The van der Waals surface area contributed by atoms with Crippen molar-refractivity contribution in [1.82, 2.24) is 0 Å². The van der Waals surface area contributed by atoms with E-state index in [-0.39, 0.29) is 5.78 Å². The SMILES string of the molecule is O=C1/C(=C2\C=C(OCCCl)c3ccccc3C2)C=C(OCCCl)c2ccccc21. The third kappa shape index (κ3) is 3.98. The maximum Gasteiger partial charge on any atom is 0.194 e. The van der Waals surface area contributed by atoms with Gasteiger partial charge in [0.2, 0.25) is 0 Å². The lowest BCUT2D eigenvalue weighted by atomic mass is 9.83. The largest absolute Gasteiger partial charge is 0.492 e. The molecule has 4 rings (SSSR count). The average molecular weight is 427 g/mol. The summed E-state index contributed by atoms with van der Waals surface area (Å²) in [5, 5.41) is 0. The standard InChI is InChI=1S/C24H20Cl2O3/c25-9-11-28-22-14-17(13-16-5-1-2-6-18(16)22)21-15-23(29-12-10-26)19-7-3-4-8-20(19)24(21)27/h1-8,14-15H,9-13H2/b21-17-.